The third-order valence-corrected chi connectivity index (χ3v) is 3.48. The Morgan fingerprint density at radius 2 is 1.89 bits per heavy atom. The molecule has 0 aliphatic carbocycles. The first kappa shape index (κ1) is 12.9. The van der Waals surface area contributed by atoms with Gasteiger partial charge in [-0.25, -0.2) is 4.98 Å². The van der Waals surface area contributed by atoms with Crippen LogP contribution in [0.3, 0.4) is 0 Å². The highest BCUT2D eigenvalue weighted by atomic mass is 32.1. The van der Waals surface area contributed by atoms with Crippen molar-refractivity contribution in [3.05, 3.63) is 40.3 Å². The van der Waals surface area contributed by atoms with Crippen LogP contribution in [0.5, 0.6) is 11.5 Å². The zero-order chi connectivity index (χ0) is 13.0. The number of ether oxygens (including phenoxy) is 2. The van der Waals surface area contributed by atoms with Gasteiger partial charge < -0.3 is 15.2 Å². The van der Waals surface area contributed by atoms with Crippen LogP contribution < -0.4 is 15.2 Å². The molecular formula is C13H16N2O2S. The van der Waals surface area contributed by atoms with Crippen molar-refractivity contribution in [1.29, 1.82) is 0 Å². The molecule has 1 heterocycles. The number of methoxy groups -OCH3 is 2. The van der Waals surface area contributed by atoms with E-state index in [0.717, 1.165) is 22.1 Å². The Hall–Kier alpha value is -1.59. The topological polar surface area (TPSA) is 57.4 Å². The minimum atomic E-state index is -0.111. The smallest absolute Gasteiger partial charge is 0.122 e. The molecule has 18 heavy (non-hydrogen) atoms. The maximum absolute atomic E-state index is 6.19. The van der Waals surface area contributed by atoms with Crippen molar-refractivity contribution in [2.24, 2.45) is 5.73 Å². The molecule has 1 aromatic heterocycles. The molecular weight excluding hydrogens is 248 g/mol. The van der Waals surface area contributed by atoms with Gasteiger partial charge in [0.1, 0.15) is 11.5 Å². The van der Waals surface area contributed by atoms with Gasteiger partial charge in [0.05, 0.1) is 19.2 Å². The van der Waals surface area contributed by atoms with Gasteiger partial charge in [-0.1, -0.05) is 0 Å². The molecule has 0 amide bonds. The van der Waals surface area contributed by atoms with E-state index in [1.54, 1.807) is 31.8 Å². The number of hydrogen-bond donors (Lipinski definition) is 1. The van der Waals surface area contributed by atoms with Crippen molar-refractivity contribution >= 4 is 11.3 Å². The van der Waals surface area contributed by atoms with Crippen LogP contribution in [0.1, 0.15) is 16.6 Å². The molecule has 1 atom stereocenters. The van der Waals surface area contributed by atoms with Crippen LogP contribution in [0, 0.1) is 0 Å². The molecule has 0 aliphatic rings. The van der Waals surface area contributed by atoms with Gasteiger partial charge in [0.15, 0.2) is 0 Å². The Labute approximate surface area is 110 Å². The highest BCUT2D eigenvalue weighted by Gasteiger charge is 2.11. The Kier molecular flexibility index (Phi) is 4.17. The van der Waals surface area contributed by atoms with E-state index in [1.807, 2.05) is 23.6 Å². The maximum atomic E-state index is 6.19. The Morgan fingerprint density at radius 3 is 2.39 bits per heavy atom. The van der Waals surface area contributed by atoms with Crippen molar-refractivity contribution in [1.82, 2.24) is 4.98 Å². The van der Waals surface area contributed by atoms with E-state index in [4.69, 9.17) is 15.2 Å². The molecule has 0 aliphatic heterocycles. The largest absolute Gasteiger partial charge is 0.497 e. The molecule has 1 aromatic carbocycles. The second-order valence-corrected chi connectivity index (χ2v) is 4.86. The zero-order valence-corrected chi connectivity index (χ0v) is 11.2. The maximum Gasteiger partial charge on any atom is 0.122 e. The lowest BCUT2D eigenvalue weighted by molar-refractivity contribution is 0.392. The SMILES string of the molecule is COc1cc(OC)cc(C(N)Cc2nccs2)c1. The minimum Gasteiger partial charge on any atom is -0.497 e. The summed E-state index contributed by atoms with van der Waals surface area (Å²) in [5, 5.41) is 2.98. The lowest BCUT2D eigenvalue weighted by atomic mass is 10.0. The number of rotatable bonds is 5. The van der Waals surface area contributed by atoms with E-state index in [2.05, 4.69) is 4.98 Å². The number of hydrogen-bond acceptors (Lipinski definition) is 5. The molecule has 1 unspecified atom stereocenters. The molecule has 96 valence electrons. The van der Waals surface area contributed by atoms with Crippen molar-refractivity contribution < 1.29 is 9.47 Å². The molecule has 2 rings (SSSR count). The highest BCUT2D eigenvalue weighted by Crippen LogP contribution is 2.27. The molecule has 5 heteroatoms. The van der Waals surface area contributed by atoms with E-state index in [0.29, 0.717) is 6.42 Å². The van der Waals surface area contributed by atoms with E-state index in [-0.39, 0.29) is 6.04 Å². The summed E-state index contributed by atoms with van der Waals surface area (Å²) in [7, 11) is 3.26. The van der Waals surface area contributed by atoms with Gasteiger partial charge in [-0.3, -0.25) is 0 Å². The van der Waals surface area contributed by atoms with Gasteiger partial charge in [0, 0.05) is 30.1 Å². The molecule has 0 fully saturated rings. The summed E-state index contributed by atoms with van der Waals surface area (Å²) in [5.74, 6) is 1.50. The van der Waals surface area contributed by atoms with Crippen molar-refractivity contribution in [3.8, 4) is 11.5 Å². The highest BCUT2D eigenvalue weighted by molar-refractivity contribution is 7.09. The molecule has 0 saturated heterocycles. The number of nitrogens with two attached hydrogens (primary N) is 1. The predicted octanol–water partition coefficient (Wildman–Crippen LogP) is 2.40. The van der Waals surface area contributed by atoms with Crippen LogP contribution in [0.15, 0.2) is 29.8 Å². The number of thiazole rings is 1. The first-order chi connectivity index (χ1) is 8.72. The van der Waals surface area contributed by atoms with E-state index in [9.17, 15) is 0 Å². The minimum absolute atomic E-state index is 0.111. The van der Waals surface area contributed by atoms with E-state index in [1.165, 1.54) is 0 Å². The van der Waals surface area contributed by atoms with E-state index < -0.39 is 0 Å². The van der Waals surface area contributed by atoms with Crippen molar-refractivity contribution in [2.75, 3.05) is 14.2 Å². The first-order valence-corrected chi connectivity index (χ1v) is 6.48. The zero-order valence-electron chi connectivity index (χ0n) is 10.4. The lowest BCUT2D eigenvalue weighted by Gasteiger charge is -2.13. The quantitative estimate of drug-likeness (QED) is 0.901. The molecule has 0 bridgehead atoms. The third-order valence-electron chi connectivity index (χ3n) is 2.68. The van der Waals surface area contributed by atoms with Crippen LogP contribution in [0.2, 0.25) is 0 Å². The van der Waals surface area contributed by atoms with Gasteiger partial charge in [-0.05, 0) is 17.7 Å². The standard InChI is InChI=1S/C13H16N2O2S/c1-16-10-5-9(6-11(7-10)17-2)12(14)8-13-15-3-4-18-13/h3-7,12H,8,14H2,1-2H3. The molecule has 2 N–H and O–H groups in total. The Bertz CT molecular complexity index is 477. The summed E-state index contributed by atoms with van der Waals surface area (Å²) in [6.45, 7) is 0. The number of nitrogens with zero attached hydrogens (tertiary/aromatic N) is 1. The van der Waals surface area contributed by atoms with Gasteiger partial charge in [0.2, 0.25) is 0 Å². The number of benzene rings is 1. The van der Waals surface area contributed by atoms with Crippen LogP contribution >= 0.6 is 11.3 Å². The molecule has 2 aromatic rings. The second kappa shape index (κ2) is 5.84. The summed E-state index contributed by atoms with van der Waals surface area (Å²) in [5.41, 5.74) is 7.18. The van der Waals surface area contributed by atoms with Gasteiger partial charge in [0.25, 0.3) is 0 Å². The second-order valence-electron chi connectivity index (χ2n) is 3.88. The molecule has 0 saturated carbocycles. The fourth-order valence-electron chi connectivity index (χ4n) is 1.70. The number of aromatic nitrogens is 1. The summed E-state index contributed by atoms with van der Waals surface area (Å²) in [4.78, 5) is 4.24. The molecule has 4 nitrogen and oxygen atoms in total. The van der Waals surface area contributed by atoms with E-state index >= 15 is 0 Å². The average molecular weight is 264 g/mol. The average Bonchev–Trinajstić information content (AvgIpc) is 2.90. The van der Waals surface area contributed by atoms with Gasteiger partial charge in [-0.15, -0.1) is 11.3 Å². The van der Waals surface area contributed by atoms with Crippen molar-refractivity contribution in [2.45, 2.75) is 12.5 Å². The fraction of sp³-hybridized carbons (Fsp3) is 0.308. The lowest BCUT2D eigenvalue weighted by Crippen LogP contribution is -2.13. The predicted molar refractivity (Wildman–Crippen MR) is 72.3 cm³/mol. The summed E-state index contributed by atoms with van der Waals surface area (Å²) >= 11 is 1.61. The van der Waals surface area contributed by atoms with Crippen LogP contribution in [0.4, 0.5) is 0 Å². The molecule has 0 radical (unpaired) electrons. The monoisotopic (exact) mass is 264 g/mol. The Balaban J connectivity index is 2.20. The summed E-state index contributed by atoms with van der Waals surface area (Å²) in [6.07, 6.45) is 2.51. The van der Waals surface area contributed by atoms with Crippen LogP contribution in [0.25, 0.3) is 0 Å². The molecule has 0 spiro atoms. The fourth-order valence-corrected chi connectivity index (χ4v) is 2.38. The van der Waals surface area contributed by atoms with Crippen molar-refractivity contribution in [3.63, 3.8) is 0 Å². The van der Waals surface area contributed by atoms with Crippen LogP contribution in [-0.4, -0.2) is 19.2 Å². The normalized spacial score (nSPS) is 12.2. The third kappa shape index (κ3) is 3.00. The summed E-state index contributed by atoms with van der Waals surface area (Å²) in [6, 6.07) is 5.58. The van der Waals surface area contributed by atoms with Crippen LogP contribution in [-0.2, 0) is 6.42 Å². The summed E-state index contributed by atoms with van der Waals surface area (Å²) < 4.78 is 10.5. The Morgan fingerprint density at radius 1 is 1.22 bits per heavy atom. The van der Waals surface area contributed by atoms with Gasteiger partial charge in [-0.2, -0.15) is 0 Å². The van der Waals surface area contributed by atoms with Gasteiger partial charge >= 0.3 is 0 Å². The first-order valence-electron chi connectivity index (χ1n) is 5.60.